The summed E-state index contributed by atoms with van der Waals surface area (Å²) in [5, 5.41) is 20.0. The number of hydrogen-bond acceptors (Lipinski definition) is 6. The lowest BCUT2D eigenvalue weighted by atomic mass is 10.1. The number of nitrogens with one attached hydrogen (secondary N) is 1. The zero-order valence-electron chi connectivity index (χ0n) is 10.6. The molecule has 0 spiro atoms. The van der Waals surface area contributed by atoms with E-state index in [-0.39, 0.29) is 12.3 Å². The topological polar surface area (TPSA) is 105 Å². The fraction of sp³-hybridized carbons (Fsp3) is 0.500. The second-order valence-electron chi connectivity index (χ2n) is 4.64. The van der Waals surface area contributed by atoms with Crippen LogP contribution >= 0.6 is 0 Å². The molecule has 104 valence electrons. The number of nitro benzene ring substituents is 1. The van der Waals surface area contributed by atoms with Crippen LogP contribution in [0.25, 0.3) is 0 Å². The fourth-order valence-electron chi connectivity index (χ4n) is 2.21. The molecule has 0 aromatic heterocycles. The number of benzene rings is 1. The number of anilines is 1. The van der Waals surface area contributed by atoms with Gasteiger partial charge in [0.1, 0.15) is 5.69 Å². The molecule has 4 N–H and O–H groups in total. The molecular formula is C12H18N4O3. The number of hydrazine groups is 1. The lowest BCUT2D eigenvalue weighted by Gasteiger charge is -2.22. The van der Waals surface area contributed by atoms with Gasteiger partial charge < -0.3 is 10.5 Å². The third-order valence-corrected chi connectivity index (χ3v) is 3.29. The van der Waals surface area contributed by atoms with Gasteiger partial charge >= 0.3 is 0 Å². The highest BCUT2D eigenvalue weighted by Crippen LogP contribution is 2.32. The maximum Gasteiger partial charge on any atom is 0.293 e. The predicted octanol–water partition coefficient (Wildman–Crippen LogP) is 0.837. The number of aliphatic hydroxyl groups is 1. The highest BCUT2D eigenvalue weighted by atomic mass is 16.6. The van der Waals surface area contributed by atoms with E-state index in [1.165, 1.54) is 6.07 Å². The molecule has 7 heteroatoms. The van der Waals surface area contributed by atoms with Crippen molar-refractivity contribution in [3.05, 3.63) is 33.9 Å². The maximum atomic E-state index is 10.9. The Morgan fingerprint density at radius 1 is 1.53 bits per heavy atom. The molecule has 1 fully saturated rings. The first-order valence-electron chi connectivity index (χ1n) is 6.25. The third kappa shape index (κ3) is 3.19. The van der Waals surface area contributed by atoms with Crippen LogP contribution in [0.2, 0.25) is 0 Å². The second kappa shape index (κ2) is 5.96. The Labute approximate surface area is 111 Å². The average Bonchev–Trinajstić information content (AvgIpc) is 3.22. The van der Waals surface area contributed by atoms with E-state index < -0.39 is 4.92 Å². The summed E-state index contributed by atoms with van der Waals surface area (Å²) in [5.74, 6) is 5.41. The highest BCUT2D eigenvalue weighted by molar-refractivity contribution is 5.65. The van der Waals surface area contributed by atoms with Crippen LogP contribution in [0.1, 0.15) is 18.4 Å². The molecule has 0 radical (unpaired) electrons. The Hall–Kier alpha value is -1.70. The summed E-state index contributed by atoms with van der Waals surface area (Å²) in [5.41, 5.74) is 3.51. The van der Waals surface area contributed by atoms with Crippen molar-refractivity contribution in [3.63, 3.8) is 0 Å². The van der Waals surface area contributed by atoms with Gasteiger partial charge in [-0.2, -0.15) is 0 Å². The summed E-state index contributed by atoms with van der Waals surface area (Å²) in [6.07, 6.45) is 2.22. The molecule has 0 amide bonds. The van der Waals surface area contributed by atoms with Gasteiger partial charge in [-0.1, -0.05) is 12.1 Å². The second-order valence-corrected chi connectivity index (χ2v) is 4.64. The van der Waals surface area contributed by atoms with E-state index in [9.17, 15) is 10.1 Å². The van der Waals surface area contributed by atoms with Crippen molar-refractivity contribution >= 4 is 11.4 Å². The van der Waals surface area contributed by atoms with Gasteiger partial charge in [-0.3, -0.25) is 20.9 Å². The number of nitro groups is 1. The van der Waals surface area contributed by atoms with Crippen molar-refractivity contribution in [1.29, 1.82) is 0 Å². The first kappa shape index (κ1) is 13.7. The van der Waals surface area contributed by atoms with Crippen molar-refractivity contribution in [3.8, 4) is 0 Å². The summed E-state index contributed by atoms with van der Waals surface area (Å²) in [6, 6.07) is 5.36. The van der Waals surface area contributed by atoms with E-state index >= 15 is 0 Å². The van der Waals surface area contributed by atoms with Crippen molar-refractivity contribution in [2.75, 3.05) is 18.6 Å². The minimum absolute atomic E-state index is 0.0280. The lowest BCUT2D eigenvalue weighted by Crippen LogP contribution is -2.29. The predicted molar refractivity (Wildman–Crippen MR) is 71.4 cm³/mol. The Morgan fingerprint density at radius 2 is 2.26 bits per heavy atom. The molecule has 2 rings (SSSR count). The average molecular weight is 266 g/mol. The Kier molecular flexibility index (Phi) is 4.31. The van der Waals surface area contributed by atoms with Crippen LogP contribution in [0.15, 0.2) is 18.2 Å². The molecule has 0 aliphatic heterocycles. The molecule has 0 bridgehead atoms. The van der Waals surface area contributed by atoms with Crippen molar-refractivity contribution in [1.82, 2.24) is 4.90 Å². The van der Waals surface area contributed by atoms with Gasteiger partial charge in [0.05, 0.1) is 11.5 Å². The van der Waals surface area contributed by atoms with E-state index in [1.807, 2.05) is 6.07 Å². The van der Waals surface area contributed by atoms with Crippen LogP contribution in [-0.4, -0.2) is 34.1 Å². The van der Waals surface area contributed by atoms with Gasteiger partial charge in [-0.25, -0.2) is 0 Å². The SMILES string of the molecule is NNc1c(CN(CCO)C2CC2)cccc1[N+](=O)[O-]. The van der Waals surface area contributed by atoms with Gasteiger partial charge in [0.15, 0.2) is 0 Å². The normalized spacial score (nSPS) is 14.7. The maximum absolute atomic E-state index is 10.9. The van der Waals surface area contributed by atoms with Crippen LogP contribution in [0.5, 0.6) is 0 Å². The van der Waals surface area contributed by atoms with Crippen LogP contribution < -0.4 is 11.3 Å². The number of nitrogens with zero attached hydrogens (tertiary/aromatic N) is 2. The summed E-state index contributed by atoms with van der Waals surface area (Å²) in [6.45, 7) is 1.20. The van der Waals surface area contributed by atoms with E-state index in [0.29, 0.717) is 24.8 Å². The summed E-state index contributed by atoms with van der Waals surface area (Å²) in [7, 11) is 0. The molecule has 19 heavy (non-hydrogen) atoms. The number of nitrogen functional groups attached to an aromatic ring is 1. The minimum atomic E-state index is -0.452. The van der Waals surface area contributed by atoms with Gasteiger partial charge in [0.25, 0.3) is 5.69 Å². The molecule has 1 aromatic rings. The number of nitrogens with two attached hydrogens (primary N) is 1. The summed E-state index contributed by atoms with van der Waals surface area (Å²) >= 11 is 0. The van der Waals surface area contributed by atoms with Gasteiger partial charge in [0.2, 0.25) is 0 Å². The Balaban J connectivity index is 2.23. The molecule has 1 saturated carbocycles. The number of rotatable bonds is 7. The molecule has 0 unspecified atom stereocenters. The Bertz CT molecular complexity index is 462. The first-order valence-corrected chi connectivity index (χ1v) is 6.25. The highest BCUT2D eigenvalue weighted by Gasteiger charge is 2.29. The fourth-order valence-corrected chi connectivity index (χ4v) is 2.21. The van der Waals surface area contributed by atoms with Crippen LogP contribution in [0.3, 0.4) is 0 Å². The molecule has 1 aromatic carbocycles. The van der Waals surface area contributed by atoms with Crippen molar-refractivity contribution in [2.24, 2.45) is 5.84 Å². The van der Waals surface area contributed by atoms with E-state index in [1.54, 1.807) is 6.07 Å². The zero-order valence-corrected chi connectivity index (χ0v) is 10.6. The standard InChI is InChI=1S/C12H18N4O3/c13-14-12-9(2-1-3-11(12)16(18)19)8-15(6-7-17)10-4-5-10/h1-3,10,14,17H,4-8,13H2. The summed E-state index contributed by atoms with van der Waals surface area (Å²) in [4.78, 5) is 12.6. The number of aliphatic hydroxyl groups excluding tert-OH is 1. The molecule has 1 aliphatic rings. The molecule has 1 aliphatic carbocycles. The monoisotopic (exact) mass is 266 g/mol. The number of para-hydroxylation sites is 1. The third-order valence-electron chi connectivity index (χ3n) is 3.29. The first-order chi connectivity index (χ1) is 9.17. The zero-order chi connectivity index (χ0) is 13.8. The van der Waals surface area contributed by atoms with Crippen LogP contribution in [-0.2, 0) is 6.54 Å². The Morgan fingerprint density at radius 3 is 2.79 bits per heavy atom. The largest absolute Gasteiger partial charge is 0.395 e. The quantitative estimate of drug-likeness (QED) is 0.384. The van der Waals surface area contributed by atoms with Gasteiger partial charge in [-0.15, -0.1) is 0 Å². The van der Waals surface area contributed by atoms with Crippen molar-refractivity contribution in [2.45, 2.75) is 25.4 Å². The van der Waals surface area contributed by atoms with E-state index in [2.05, 4.69) is 10.3 Å². The number of hydrogen-bond donors (Lipinski definition) is 3. The molecule has 0 atom stereocenters. The van der Waals surface area contributed by atoms with Crippen LogP contribution in [0, 0.1) is 10.1 Å². The molecule has 0 saturated heterocycles. The smallest absolute Gasteiger partial charge is 0.293 e. The van der Waals surface area contributed by atoms with Gasteiger partial charge in [0, 0.05) is 25.2 Å². The molecular weight excluding hydrogens is 248 g/mol. The summed E-state index contributed by atoms with van der Waals surface area (Å²) < 4.78 is 0. The molecule has 7 nitrogen and oxygen atoms in total. The molecule has 0 heterocycles. The minimum Gasteiger partial charge on any atom is -0.395 e. The van der Waals surface area contributed by atoms with E-state index in [4.69, 9.17) is 10.9 Å². The lowest BCUT2D eigenvalue weighted by molar-refractivity contribution is -0.384. The van der Waals surface area contributed by atoms with Crippen molar-refractivity contribution < 1.29 is 10.0 Å². The van der Waals surface area contributed by atoms with E-state index in [0.717, 1.165) is 18.4 Å². The van der Waals surface area contributed by atoms with Crippen LogP contribution in [0.4, 0.5) is 11.4 Å². The van der Waals surface area contributed by atoms with Gasteiger partial charge in [-0.05, 0) is 18.4 Å².